The topological polar surface area (TPSA) is 51.2 Å². The number of nitrogens with zero attached hydrogens (tertiary/aromatic N) is 1. The van der Waals surface area contributed by atoms with Crippen LogP contribution in [0.5, 0.6) is 5.88 Å². The zero-order chi connectivity index (χ0) is 12.2. The van der Waals surface area contributed by atoms with E-state index in [1.807, 2.05) is 0 Å². The lowest BCUT2D eigenvalue weighted by Crippen LogP contribution is -2.33. The van der Waals surface area contributed by atoms with Gasteiger partial charge < -0.3 is 10.1 Å². The molecule has 0 spiro atoms. The highest BCUT2D eigenvalue weighted by molar-refractivity contribution is 5.93. The number of halogens is 3. The Kier molecular flexibility index (Phi) is 3.70. The third-order valence-corrected chi connectivity index (χ3v) is 1.66. The SMILES string of the molecule is COc1ccc(C(=O)NCC(F)(F)F)cn1. The van der Waals surface area contributed by atoms with Gasteiger partial charge in [-0.05, 0) is 6.07 Å². The van der Waals surface area contributed by atoms with Gasteiger partial charge in [0.15, 0.2) is 0 Å². The largest absolute Gasteiger partial charge is 0.481 e. The number of carbonyl (C=O) groups is 1. The van der Waals surface area contributed by atoms with E-state index >= 15 is 0 Å². The van der Waals surface area contributed by atoms with Crippen molar-refractivity contribution in [3.63, 3.8) is 0 Å². The average Bonchev–Trinajstić information content (AvgIpc) is 2.25. The fourth-order valence-electron chi connectivity index (χ4n) is 0.918. The highest BCUT2D eigenvalue weighted by atomic mass is 19.4. The number of alkyl halides is 3. The van der Waals surface area contributed by atoms with Crippen molar-refractivity contribution in [2.75, 3.05) is 13.7 Å². The number of methoxy groups -OCH3 is 1. The Morgan fingerprint density at radius 1 is 1.50 bits per heavy atom. The molecule has 16 heavy (non-hydrogen) atoms. The van der Waals surface area contributed by atoms with Crippen molar-refractivity contribution in [2.24, 2.45) is 0 Å². The van der Waals surface area contributed by atoms with Crippen molar-refractivity contribution in [1.29, 1.82) is 0 Å². The lowest BCUT2D eigenvalue weighted by Gasteiger charge is -2.08. The molecule has 0 atom stereocenters. The molecule has 1 heterocycles. The first-order chi connectivity index (χ1) is 7.42. The molecule has 0 aromatic carbocycles. The van der Waals surface area contributed by atoms with Crippen molar-refractivity contribution >= 4 is 5.91 Å². The Bertz CT molecular complexity index is 362. The van der Waals surface area contributed by atoms with Crippen LogP contribution >= 0.6 is 0 Å². The second kappa shape index (κ2) is 4.82. The predicted molar refractivity (Wildman–Crippen MR) is 49.2 cm³/mol. The number of nitrogens with one attached hydrogen (secondary N) is 1. The van der Waals surface area contributed by atoms with Gasteiger partial charge in [-0.3, -0.25) is 4.79 Å². The molecular weight excluding hydrogens is 225 g/mol. The smallest absolute Gasteiger partial charge is 0.405 e. The van der Waals surface area contributed by atoms with E-state index < -0.39 is 18.6 Å². The minimum absolute atomic E-state index is 0.0463. The summed E-state index contributed by atoms with van der Waals surface area (Å²) in [5.41, 5.74) is 0.0463. The lowest BCUT2D eigenvalue weighted by molar-refractivity contribution is -0.123. The van der Waals surface area contributed by atoms with E-state index in [1.54, 1.807) is 5.32 Å². The molecule has 0 aliphatic heterocycles. The molecule has 0 fully saturated rings. The fraction of sp³-hybridized carbons (Fsp3) is 0.333. The van der Waals surface area contributed by atoms with Gasteiger partial charge in [0, 0.05) is 12.3 Å². The first-order valence-electron chi connectivity index (χ1n) is 4.27. The summed E-state index contributed by atoms with van der Waals surface area (Å²) in [5, 5.41) is 1.73. The van der Waals surface area contributed by atoms with Crippen LogP contribution in [0, 0.1) is 0 Å². The van der Waals surface area contributed by atoms with E-state index in [-0.39, 0.29) is 11.4 Å². The number of ether oxygens (including phenoxy) is 1. The van der Waals surface area contributed by atoms with Crippen LogP contribution < -0.4 is 10.1 Å². The molecule has 0 bridgehead atoms. The van der Waals surface area contributed by atoms with Crippen LogP contribution in [0.4, 0.5) is 13.2 Å². The van der Waals surface area contributed by atoms with E-state index in [0.717, 1.165) is 6.20 Å². The van der Waals surface area contributed by atoms with Gasteiger partial charge in [0.1, 0.15) is 6.54 Å². The van der Waals surface area contributed by atoms with Crippen molar-refractivity contribution in [3.05, 3.63) is 23.9 Å². The molecule has 0 aliphatic rings. The maximum atomic E-state index is 11.8. The summed E-state index contributed by atoms with van der Waals surface area (Å²) in [5.74, 6) is -0.542. The molecule has 1 rings (SSSR count). The van der Waals surface area contributed by atoms with E-state index in [0.29, 0.717) is 0 Å². The van der Waals surface area contributed by atoms with E-state index in [4.69, 9.17) is 4.74 Å². The third-order valence-electron chi connectivity index (χ3n) is 1.66. The number of hydrogen-bond donors (Lipinski definition) is 1. The van der Waals surface area contributed by atoms with Gasteiger partial charge in [-0.25, -0.2) is 4.98 Å². The lowest BCUT2D eigenvalue weighted by atomic mass is 10.2. The van der Waals surface area contributed by atoms with Crippen molar-refractivity contribution in [1.82, 2.24) is 10.3 Å². The van der Waals surface area contributed by atoms with E-state index in [1.165, 1.54) is 19.2 Å². The van der Waals surface area contributed by atoms with Gasteiger partial charge in [0.05, 0.1) is 12.7 Å². The van der Waals surface area contributed by atoms with Crippen molar-refractivity contribution in [2.45, 2.75) is 6.18 Å². The maximum Gasteiger partial charge on any atom is 0.405 e. The number of rotatable bonds is 3. The Labute approximate surface area is 89.4 Å². The van der Waals surface area contributed by atoms with E-state index in [9.17, 15) is 18.0 Å². The van der Waals surface area contributed by atoms with Crippen LogP contribution in [0.25, 0.3) is 0 Å². The minimum Gasteiger partial charge on any atom is -0.481 e. The average molecular weight is 234 g/mol. The number of amides is 1. The van der Waals surface area contributed by atoms with Gasteiger partial charge in [0.25, 0.3) is 5.91 Å². The highest BCUT2D eigenvalue weighted by Crippen LogP contribution is 2.13. The van der Waals surface area contributed by atoms with Gasteiger partial charge in [-0.15, -0.1) is 0 Å². The van der Waals surface area contributed by atoms with Gasteiger partial charge in [0.2, 0.25) is 5.88 Å². The van der Waals surface area contributed by atoms with Gasteiger partial charge in [-0.1, -0.05) is 0 Å². The number of aromatic nitrogens is 1. The van der Waals surface area contributed by atoms with Gasteiger partial charge in [-0.2, -0.15) is 13.2 Å². The predicted octanol–water partition coefficient (Wildman–Crippen LogP) is 1.38. The molecular formula is C9H9F3N2O2. The summed E-state index contributed by atoms with van der Waals surface area (Å²) in [4.78, 5) is 14.9. The molecule has 0 radical (unpaired) electrons. The number of hydrogen-bond acceptors (Lipinski definition) is 3. The molecule has 0 unspecified atom stereocenters. The Morgan fingerprint density at radius 2 is 2.19 bits per heavy atom. The standard InChI is InChI=1S/C9H9F3N2O2/c1-16-7-3-2-6(4-13-7)8(15)14-5-9(10,11)12/h2-4H,5H2,1H3,(H,14,15). The van der Waals surface area contributed by atoms with Crippen LogP contribution in [0.2, 0.25) is 0 Å². The second-order valence-corrected chi connectivity index (χ2v) is 2.89. The first-order valence-corrected chi connectivity index (χ1v) is 4.27. The van der Waals surface area contributed by atoms with E-state index in [2.05, 4.69) is 4.98 Å². The molecule has 1 N–H and O–H groups in total. The molecule has 4 nitrogen and oxygen atoms in total. The van der Waals surface area contributed by atoms with Crippen molar-refractivity contribution in [3.8, 4) is 5.88 Å². The molecule has 1 amide bonds. The van der Waals surface area contributed by atoms with Gasteiger partial charge >= 0.3 is 6.18 Å². The zero-order valence-corrected chi connectivity index (χ0v) is 8.34. The summed E-state index contributed by atoms with van der Waals surface area (Å²) in [6, 6.07) is 2.72. The summed E-state index contributed by atoms with van der Waals surface area (Å²) in [7, 11) is 1.39. The molecule has 88 valence electrons. The van der Waals surface area contributed by atoms with Crippen LogP contribution in [-0.2, 0) is 0 Å². The minimum atomic E-state index is -4.42. The molecule has 7 heteroatoms. The first kappa shape index (κ1) is 12.3. The summed E-state index contributed by atoms with van der Waals surface area (Å²) in [6.07, 6.45) is -3.28. The van der Waals surface area contributed by atoms with Crippen molar-refractivity contribution < 1.29 is 22.7 Å². The molecule has 0 saturated heterocycles. The molecule has 0 saturated carbocycles. The number of carbonyl (C=O) groups excluding carboxylic acids is 1. The zero-order valence-electron chi connectivity index (χ0n) is 8.34. The quantitative estimate of drug-likeness (QED) is 0.859. The highest BCUT2D eigenvalue weighted by Gasteiger charge is 2.27. The Morgan fingerprint density at radius 3 is 2.62 bits per heavy atom. The maximum absolute atomic E-state index is 11.8. The van der Waals surface area contributed by atoms with Crippen LogP contribution in [-0.4, -0.2) is 30.7 Å². The molecule has 1 aromatic rings. The third kappa shape index (κ3) is 3.76. The summed E-state index contributed by atoms with van der Waals surface area (Å²) in [6.45, 7) is -1.36. The summed E-state index contributed by atoms with van der Waals surface area (Å²) >= 11 is 0. The normalized spacial score (nSPS) is 11.0. The monoisotopic (exact) mass is 234 g/mol. The summed E-state index contributed by atoms with van der Waals surface area (Å²) < 4.78 is 40.1. The fourth-order valence-corrected chi connectivity index (χ4v) is 0.918. The Balaban J connectivity index is 2.59. The number of pyridine rings is 1. The molecule has 1 aromatic heterocycles. The second-order valence-electron chi connectivity index (χ2n) is 2.89. The van der Waals surface area contributed by atoms with Crippen LogP contribution in [0.3, 0.4) is 0 Å². The van der Waals surface area contributed by atoms with Crippen LogP contribution in [0.1, 0.15) is 10.4 Å². The molecule has 0 aliphatic carbocycles. The van der Waals surface area contributed by atoms with Crippen LogP contribution in [0.15, 0.2) is 18.3 Å². The Hall–Kier alpha value is -1.79.